The number of benzene rings is 1. The Hall–Kier alpha value is -1.40. The smallest absolute Gasteiger partial charge is 0.222 e. The summed E-state index contributed by atoms with van der Waals surface area (Å²) in [6.45, 7) is 0.553. The molecule has 1 amide bonds. The summed E-state index contributed by atoms with van der Waals surface area (Å²) in [6, 6.07) is 4.09. The lowest BCUT2D eigenvalue weighted by molar-refractivity contribution is -0.131. The van der Waals surface area contributed by atoms with Crippen molar-refractivity contribution in [1.82, 2.24) is 4.90 Å². The molecule has 1 aromatic carbocycles. The molecule has 1 saturated carbocycles. The molecule has 0 spiro atoms. The van der Waals surface area contributed by atoms with Crippen molar-refractivity contribution in [3.63, 3.8) is 0 Å². The lowest BCUT2D eigenvalue weighted by atomic mass is 9.99. The van der Waals surface area contributed by atoms with E-state index in [-0.39, 0.29) is 11.9 Å². The van der Waals surface area contributed by atoms with Gasteiger partial charge in [-0.15, -0.1) is 11.8 Å². The van der Waals surface area contributed by atoms with Crippen LogP contribution in [0.1, 0.15) is 31.2 Å². The van der Waals surface area contributed by atoms with Crippen LogP contribution in [0.2, 0.25) is 0 Å². The van der Waals surface area contributed by atoms with Crippen molar-refractivity contribution in [2.75, 3.05) is 27.5 Å². The maximum absolute atomic E-state index is 12.5. The minimum Gasteiger partial charge on any atom is -0.493 e. The minimum atomic E-state index is 0.152. The monoisotopic (exact) mass is 352 g/mol. The van der Waals surface area contributed by atoms with E-state index in [2.05, 4.69) is 0 Å². The molecule has 2 rings (SSSR count). The van der Waals surface area contributed by atoms with Gasteiger partial charge in [-0.1, -0.05) is 6.42 Å². The summed E-state index contributed by atoms with van der Waals surface area (Å²) >= 11 is 1.64. The second-order valence-electron chi connectivity index (χ2n) is 6.33. The molecular weight excluding hydrogens is 324 g/mol. The predicted octanol–water partition coefficient (Wildman–Crippen LogP) is 2.90. The molecule has 0 bridgehead atoms. The van der Waals surface area contributed by atoms with E-state index in [1.165, 1.54) is 0 Å². The van der Waals surface area contributed by atoms with E-state index < -0.39 is 0 Å². The van der Waals surface area contributed by atoms with Gasteiger partial charge >= 0.3 is 0 Å². The largest absolute Gasteiger partial charge is 0.493 e. The molecule has 134 valence electrons. The zero-order valence-corrected chi connectivity index (χ0v) is 15.8. The average Bonchev–Trinajstić information content (AvgIpc) is 2.99. The van der Waals surface area contributed by atoms with Crippen LogP contribution in [-0.4, -0.2) is 44.4 Å². The van der Waals surface area contributed by atoms with Gasteiger partial charge in [-0.05, 0) is 42.7 Å². The normalized spacial score (nSPS) is 20.0. The lowest BCUT2D eigenvalue weighted by Crippen LogP contribution is -2.32. The van der Waals surface area contributed by atoms with E-state index in [4.69, 9.17) is 15.2 Å². The van der Waals surface area contributed by atoms with Crippen LogP contribution >= 0.6 is 11.8 Å². The van der Waals surface area contributed by atoms with Crippen molar-refractivity contribution in [3.8, 4) is 11.5 Å². The fraction of sp³-hybridized carbons (Fsp3) is 0.611. The molecule has 0 saturated heterocycles. The van der Waals surface area contributed by atoms with E-state index in [0.29, 0.717) is 30.4 Å². The van der Waals surface area contributed by atoms with E-state index in [0.717, 1.165) is 29.7 Å². The van der Waals surface area contributed by atoms with Gasteiger partial charge in [0, 0.05) is 31.0 Å². The van der Waals surface area contributed by atoms with Crippen molar-refractivity contribution >= 4 is 17.7 Å². The molecule has 2 N–H and O–H groups in total. The molecule has 24 heavy (non-hydrogen) atoms. The summed E-state index contributed by atoms with van der Waals surface area (Å²) in [5.41, 5.74) is 7.15. The van der Waals surface area contributed by atoms with Crippen LogP contribution in [0.4, 0.5) is 0 Å². The number of ether oxygens (including phenoxy) is 2. The summed E-state index contributed by atoms with van der Waals surface area (Å²) in [6.07, 6.45) is 5.79. The molecule has 2 atom stereocenters. The van der Waals surface area contributed by atoms with Crippen LogP contribution in [0.25, 0.3) is 0 Å². The Morgan fingerprint density at radius 1 is 1.29 bits per heavy atom. The van der Waals surface area contributed by atoms with E-state index in [1.807, 2.05) is 25.4 Å². The highest BCUT2D eigenvalue weighted by molar-refractivity contribution is 7.98. The fourth-order valence-electron chi connectivity index (χ4n) is 3.26. The third kappa shape index (κ3) is 4.36. The molecule has 0 radical (unpaired) electrons. The summed E-state index contributed by atoms with van der Waals surface area (Å²) in [5.74, 6) is 1.87. The van der Waals surface area contributed by atoms with Crippen molar-refractivity contribution in [2.24, 2.45) is 11.7 Å². The predicted molar refractivity (Wildman–Crippen MR) is 97.7 cm³/mol. The number of methoxy groups -OCH3 is 2. The van der Waals surface area contributed by atoms with Crippen molar-refractivity contribution in [3.05, 3.63) is 17.7 Å². The summed E-state index contributed by atoms with van der Waals surface area (Å²) in [5, 5.41) is 0. The van der Waals surface area contributed by atoms with E-state index >= 15 is 0 Å². The third-order valence-corrected chi connectivity index (χ3v) is 5.59. The Morgan fingerprint density at radius 3 is 2.50 bits per heavy atom. The topological polar surface area (TPSA) is 64.8 Å². The van der Waals surface area contributed by atoms with Gasteiger partial charge in [0.05, 0.1) is 14.2 Å². The lowest BCUT2D eigenvalue weighted by Gasteiger charge is -2.23. The molecule has 5 nitrogen and oxygen atoms in total. The highest BCUT2D eigenvalue weighted by atomic mass is 32.2. The first-order valence-electron chi connectivity index (χ1n) is 8.28. The molecule has 0 unspecified atom stereocenters. The number of carbonyl (C=O) groups is 1. The number of carbonyl (C=O) groups excluding carboxylic acids is 1. The first-order chi connectivity index (χ1) is 11.5. The molecule has 1 aliphatic rings. The highest BCUT2D eigenvalue weighted by Crippen LogP contribution is 2.35. The Kier molecular flexibility index (Phi) is 6.80. The number of hydrogen-bond donors (Lipinski definition) is 1. The molecule has 1 aromatic rings. The quantitative estimate of drug-likeness (QED) is 0.765. The zero-order valence-electron chi connectivity index (χ0n) is 15.0. The van der Waals surface area contributed by atoms with Crippen LogP contribution in [-0.2, 0) is 11.3 Å². The molecule has 1 fully saturated rings. The van der Waals surface area contributed by atoms with Gasteiger partial charge in [0.2, 0.25) is 5.91 Å². The highest BCUT2D eigenvalue weighted by Gasteiger charge is 2.27. The van der Waals surface area contributed by atoms with Crippen LogP contribution in [0.5, 0.6) is 11.5 Å². The Balaban J connectivity index is 2.09. The zero-order chi connectivity index (χ0) is 17.7. The van der Waals surface area contributed by atoms with Crippen LogP contribution in [0, 0.1) is 5.92 Å². The van der Waals surface area contributed by atoms with Gasteiger partial charge in [-0.3, -0.25) is 4.79 Å². The van der Waals surface area contributed by atoms with E-state index in [9.17, 15) is 4.79 Å². The van der Waals surface area contributed by atoms with Crippen LogP contribution in [0.15, 0.2) is 17.0 Å². The number of rotatable bonds is 7. The second kappa shape index (κ2) is 8.62. The molecule has 0 heterocycles. The SMILES string of the molecule is COc1cc(CN(C)C(=O)C[C@@H]2CCC[C@H]2N)c(SC)cc1OC. The van der Waals surface area contributed by atoms with Crippen LogP contribution in [0.3, 0.4) is 0 Å². The second-order valence-corrected chi connectivity index (χ2v) is 7.18. The fourth-order valence-corrected chi connectivity index (χ4v) is 3.87. The Labute approximate surface area is 148 Å². The van der Waals surface area contributed by atoms with Gasteiger partial charge in [-0.2, -0.15) is 0 Å². The molecule has 1 aliphatic carbocycles. The summed E-state index contributed by atoms with van der Waals surface area (Å²) in [4.78, 5) is 15.4. The minimum absolute atomic E-state index is 0.152. The molecule has 0 aromatic heterocycles. The van der Waals surface area contributed by atoms with E-state index in [1.54, 1.807) is 30.9 Å². The molecule has 6 heteroatoms. The first kappa shape index (κ1) is 18.9. The van der Waals surface area contributed by atoms with Crippen molar-refractivity contribution in [2.45, 2.75) is 43.2 Å². The number of nitrogens with two attached hydrogens (primary N) is 1. The number of nitrogens with zero attached hydrogens (tertiary/aromatic N) is 1. The average molecular weight is 353 g/mol. The van der Waals surface area contributed by atoms with Gasteiger partial charge in [0.25, 0.3) is 0 Å². The maximum atomic E-state index is 12.5. The van der Waals surface area contributed by atoms with Crippen molar-refractivity contribution < 1.29 is 14.3 Å². The summed E-state index contributed by atoms with van der Waals surface area (Å²) in [7, 11) is 5.10. The third-order valence-electron chi connectivity index (χ3n) is 4.77. The van der Waals surface area contributed by atoms with Gasteiger partial charge in [0.1, 0.15) is 0 Å². The van der Waals surface area contributed by atoms with Crippen molar-refractivity contribution in [1.29, 1.82) is 0 Å². The molecular formula is C18H28N2O3S. The maximum Gasteiger partial charge on any atom is 0.222 e. The van der Waals surface area contributed by atoms with Gasteiger partial charge in [-0.25, -0.2) is 0 Å². The Morgan fingerprint density at radius 2 is 1.96 bits per heavy atom. The Bertz CT molecular complexity index is 580. The standard InChI is InChI=1S/C18H28N2O3S/c1-20(18(21)9-12-6-5-7-14(12)19)11-13-8-15(22-2)16(23-3)10-17(13)24-4/h8,10,12,14H,5-7,9,11,19H2,1-4H3/t12-,14+/m0/s1. The molecule has 0 aliphatic heterocycles. The summed E-state index contributed by atoms with van der Waals surface area (Å²) < 4.78 is 10.7. The number of amides is 1. The number of thioether (sulfide) groups is 1. The number of hydrogen-bond acceptors (Lipinski definition) is 5. The van der Waals surface area contributed by atoms with Gasteiger partial charge in [0.15, 0.2) is 11.5 Å². The van der Waals surface area contributed by atoms with Gasteiger partial charge < -0.3 is 20.1 Å². The first-order valence-corrected chi connectivity index (χ1v) is 9.51. The van der Waals surface area contributed by atoms with Crippen LogP contribution < -0.4 is 15.2 Å².